The molecule has 0 aliphatic carbocycles. The number of aromatic nitrogens is 1. The van der Waals surface area contributed by atoms with Gasteiger partial charge in [-0.2, -0.15) is 0 Å². The van der Waals surface area contributed by atoms with Gasteiger partial charge in [-0.1, -0.05) is 110 Å². The van der Waals surface area contributed by atoms with Crippen molar-refractivity contribution in [1.82, 2.24) is 39.7 Å². The first-order valence-corrected chi connectivity index (χ1v) is 31.7. The number of piperazine rings is 2. The Morgan fingerprint density at radius 1 is 0.604 bits per heavy atom. The highest BCUT2D eigenvalue weighted by atomic mass is 19.1. The van der Waals surface area contributed by atoms with Crippen LogP contribution in [0.4, 0.5) is 20.6 Å². The number of hydrogen-bond acceptors (Lipinski definition) is 13. The Bertz CT molecular complexity index is 2410. The zero-order chi connectivity index (χ0) is 67.6. The van der Waals surface area contributed by atoms with Crippen LogP contribution in [0.15, 0.2) is 104 Å². The summed E-state index contributed by atoms with van der Waals surface area (Å²) in [5, 5.41) is 7.65. The molecule has 518 valence electrons. The topological polar surface area (TPSA) is 155 Å². The van der Waals surface area contributed by atoms with Crippen LogP contribution in [-0.4, -0.2) is 199 Å². The summed E-state index contributed by atoms with van der Waals surface area (Å²) < 4.78 is 22.6. The highest BCUT2D eigenvalue weighted by Crippen LogP contribution is 2.14. The first-order chi connectivity index (χ1) is 42.5. The van der Waals surface area contributed by atoms with Crippen molar-refractivity contribution < 1.29 is 33.0 Å². The number of urea groups is 1. The first-order valence-electron chi connectivity index (χ1n) is 31.7. The largest absolute Gasteiger partial charge is 0.380 e. The van der Waals surface area contributed by atoms with Crippen molar-refractivity contribution in [2.45, 2.75) is 149 Å². The minimum absolute atomic E-state index is 0. The van der Waals surface area contributed by atoms with E-state index in [9.17, 15) is 23.6 Å². The number of allylic oxidation sites excluding steroid dienone is 1. The molecule has 3 N–H and O–H groups in total. The summed E-state index contributed by atoms with van der Waals surface area (Å²) in [6, 6.07) is 25.9. The number of likely N-dealkylation sites (tertiary alicyclic amines) is 2. The SMILES string of the molecule is C.C.C#CC.C=CC(=O)CC.CC(=O)Nc1cccc(C)c1.CCC(C)=O.CCN1CCCCC1.CCN1CCN(C)CC1.CN1CCCCC1.CN1CCN(C)CC1.CNC(=O)Nc1ccc(F)c(C)c1.COCc1cccc(C)c1.COCc1ccccn1. The van der Waals surface area contributed by atoms with E-state index in [1.165, 1.54) is 173 Å². The summed E-state index contributed by atoms with van der Waals surface area (Å²) in [6.07, 6.45) is 17.5. The van der Waals surface area contributed by atoms with Crippen molar-refractivity contribution in [3.05, 3.63) is 138 Å². The molecule has 3 amide bonds. The van der Waals surface area contributed by atoms with Crippen LogP contribution in [-0.2, 0) is 37.1 Å². The average molecular weight is 1270 g/mol. The fraction of sp³-hybridized carbons (Fsp3) is 0.581. The fourth-order valence-corrected chi connectivity index (χ4v) is 7.98. The number of ketones is 2. The number of amides is 3. The highest BCUT2D eigenvalue weighted by Gasteiger charge is 2.11. The Balaban J connectivity index is -0.000000301. The van der Waals surface area contributed by atoms with E-state index in [0.29, 0.717) is 37.3 Å². The molecule has 17 heteroatoms. The van der Waals surface area contributed by atoms with Crippen molar-refractivity contribution in [3.63, 3.8) is 0 Å². The lowest BCUT2D eigenvalue weighted by Gasteiger charge is -2.31. The van der Waals surface area contributed by atoms with Crippen LogP contribution in [0.5, 0.6) is 0 Å². The third-order valence-electron chi connectivity index (χ3n) is 13.7. The van der Waals surface area contributed by atoms with Crippen LogP contribution in [0.25, 0.3) is 0 Å². The molecule has 0 radical (unpaired) electrons. The number of benzene rings is 3. The molecule has 0 saturated carbocycles. The van der Waals surface area contributed by atoms with E-state index in [2.05, 4.69) is 136 Å². The molecule has 0 atom stereocenters. The van der Waals surface area contributed by atoms with E-state index in [4.69, 9.17) is 9.47 Å². The molecular weight excluding hydrogens is 1140 g/mol. The summed E-state index contributed by atoms with van der Waals surface area (Å²) >= 11 is 0. The van der Waals surface area contributed by atoms with Crippen LogP contribution < -0.4 is 16.0 Å². The lowest BCUT2D eigenvalue weighted by atomic mass is 10.1. The molecule has 16 nitrogen and oxygen atoms in total. The number of pyridine rings is 1. The van der Waals surface area contributed by atoms with Gasteiger partial charge >= 0.3 is 6.03 Å². The number of terminal acetylenes is 1. The van der Waals surface area contributed by atoms with Crippen LogP contribution in [0, 0.1) is 38.9 Å². The van der Waals surface area contributed by atoms with Gasteiger partial charge in [-0.05, 0) is 193 Å². The van der Waals surface area contributed by atoms with Gasteiger partial charge < -0.3 is 59.6 Å². The fourth-order valence-electron chi connectivity index (χ4n) is 7.98. The Hall–Kier alpha value is -6.20. The summed E-state index contributed by atoms with van der Waals surface area (Å²) in [4.78, 5) is 59.9. The second-order valence-corrected chi connectivity index (χ2v) is 22.0. The number of anilines is 2. The summed E-state index contributed by atoms with van der Waals surface area (Å²) in [5.74, 6) is 2.30. The Morgan fingerprint density at radius 3 is 1.41 bits per heavy atom. The number of likely N-dealkylation sites (N-methyl/N-ethyl adjacent to an activating group) is 4. The molecule has 5 heterocycles. The maximum Gasteiger partial charge on any atom is 0.318 e. The van der Waals surface area contributed by atoms with Crippen molar-refractivity contribution in [2.24, 2.45) is 0 Å². The molecule has 4 aromatic rings. The number of methoxy groups -OCH3 is 2. The number of carbonyl (C=O) groups excluding carboxylic acids is 4. The number of piperidine rings is 2. The maximum absolute atomic E-state index is 12.8. The predicted molar refractivity (Wildman–Crippen MR) is 388 cm³/mol. The molecule has 4 fully saturated rings. The van der Waals surface area contributed by atoms with Gasteiger partial charge in [0.2, 0.25) is 5.91 Å². The lowest BCUT2D eigenvalue weighted by Crippen LogP contribution is -2.44. The number of carbonyl (C=O) groups is 4. The number of halogens is 1. The van der Waals surface area contributed by atoms with E-state index in [-0.39, 0.29) is 44.2 Å². The molecule has 8 rings (SSSR count). The third-order valence-corrected chi connectivity index (χ3v) is 13.7. The number of ether oxygens (including phenoxy) is 2. The van der Waals surface area contributed by atoms with Gasteiger partial charge in [-0.25, -0.2) is 9.18 Å². The molecule has 0 spiro atoms. The number of hydrogen-bond donors (Lipinski definition) is 3. The monoisotopic (exact) mass is 1270 g/mol. The normalized spacial score (nSPS) is 14.3. The van der Waals surface area contributed by atoms with Gasteiger partial charge in [-0.15, -0.1) is 12.3 Å². The first kappa shape index (κ1) is 93.5. The standard InChI is InChI=1S/C9H11FN2O.C9H11NO.C9H12O.C7H16N2.C7H9NO.C7H15N.C6H14N2.C6H13N.C5H8O.C4H8O.C3H4.2CH4/c1-6-5-7(3-4-8(6)10)12-9(13)11-2;1-7-4-3-5-9(6-7)10-8(2)11;1-8-4-3-5-9(6-8)7-10-2;1-3-9-6-4-8(2)5-7-9;1-9-6-7-4-2-3-5-8-7;1-2-8-6-4-3-5-7-8;1-7-3-5-8(2)6-4-7;1-7-5-3-2-4-6-7;1-3-5(6)4-2;1-3-4(2)5;1-3-2;;/h3-5H,1-2H3,(H2,11,12,13);3-6H,1-2H3,(H,10,11);3-6H,7H2,1-2H3;3-7H2,1-2H3;2-5H,6H2,1H3;2-7H2,1H3;3-6H2,1-2H3;2-6H2,1H3;3H,1,4H2,2H3;3H2,1-2H3;1H,2H3;2*1H4. The number of Topliss-reactive ketones (excluding diaryl/α,β-unsaturated/α-hetero) is 1. The van der Waals surface area contributed by atoms with Crippen molar-refractivity contribution in [1.29, 1.82) is 0 Å². The van der Waals surface area contributed by atoms with Gasteiger partial charge in [0.1, 0.15) is 11.6 Å². The van der Waals surface area contributed by atoms with Gasteiger partial charge in [0, 0.05) is 111 Å². The van der Waals surface area contributed by atoms with E-state index in [1.807, 2.05) is 69.3 Å². The second kappa shape index (κ2) is 63.9. The van der Waals surface area contributed by atoms with Crippen molar-refractivity contribution in [2.75, 3.05) is 152 Å². The predicted octanol–water partition coefficient (Wildman–Crippen LogP) is 14.0. The number of rotatable bonds is 11. The molecule has 1 aromatic heterocycles. The quantitative estimate of drug-likeness (QED) is 0.0965. The lowest BCUT2D eigenvalue weighted by molar-refractivity contribution is -0.117. The number of nitrogens with one attached hydrogen (secondary N) is 3. The molecule has 4 saturated heterocycles. The van der Waals surface area contributed by atoms with E-state index < -0.39 is 0 Å². The van der Waals surface area contributed by atoms with E-state index in [0.717, 1.165) is 16.9 Å². The Kier molecular flexibility index (Phi) is 65.7. The van der Waals surface area contributed by atoms with Crippen LogP contribution in [0.3, 0.4) is 0 Å². The molecule has 0 bridgehead atoms. The minimum atomic E-state index is -0.314. The molecule has 4 aliphatic heterocycles. The number of aryl methyl sites for hydroxylation is 3. The van der Waals surface area contributed by atoms with Gasteiger partial charge in [0.15, 0.2) is 5.78 Å². The molecule has 0 unspecified atom stereocenters. The maximum atomic E-state index is 12.8. The molecule has 4 aliphatic rings. The minimum Gasteiger partial charge on any atom is -0.380 e. The smallest absolute Gasteiger partial charge is 0.318 e. The number of nitrogens with zero attached hydrogens (tertiary/aromatic N) is 7. The molecule has 91 heavy (non-hydrogen) atoms. The molecular formula is C74H129FN10O6. The van der Waals surface area contributed by atoms with Crippen LogP contribution in [0.2, 0.25) is 0 Å². The zero-order valence-corrected chi connectivity index (χ0v) is 58.5. The van der Waals surface area contributed by atoms with Crippen LogP contribution in [0.1, 0.15) is 143 Å². The van der Waals surface area contributed by atoms with Gasteiger partial charge in [0.25, 0.3) is 0 Å². The van der Waals surface area contributed by atoms with Gasteiger partial charge in [-0.3, -0.25) is 14.6 Å². The summed E-state index contributed by atoms with van der Waals surface area (Å²) in [7, 11) is 13.6. The third kappa shape index (κ3) is 59.8. The Morgan fingerprint density at radius 2 is 1.05 bits per heavy atom. The summed E-state index contributed by atoms with van der Waals surface area (Å²) in [6.45, 7) is 40.9. The highest BCUT2D eigenvalue weighted by molar-refractivity contribution is 5.89. The average Bonchev–Trinajstić information content (AvgIpc) is 3.63. The summed E-state index contributed by atoms with van der Waals surface area (Å²) in [5.41, 5.74) is 6.60. The van der Waals surface area contributed by atoms with Gasteiger partial charge in [0.05, 0.1) is 18.9 Å². The zero-order valence-electron chi connectivity index (χ0n) is 58.5. The van der Waals surface area contributed by atoms with Crippen molar-refractivity contribution in [3.8, 4) is 12.3 Å². The van der Waals surface area contributed by atoms with Crippen molar-refractivity contribution >= 4 is 34.9 Å². The van der Waals surface area contributed by atoms with E-state index in [1.54, 1.807) is 47.3 Å². The Labute approximate surface area is 555 Å². The van der Waals surface area contributed by atoms with E-state index >= 15 is 0 Å². The molecule has 3 aromatic carbocycles. The van der Waals surface area contributed by atoms with Crippen LogP contribution >= 0.6 is 0 Å². The second-order valence-electron chi connectivity index (χ2n) is 22.0.